The third kappa shape index (κ3) is 8.80. The standard InChI is InChI=1S/C30H33NO5/c1-23(19-34-22-35-20-26-14-8-4-9-15-26)29(31-18-25-12-6-3-7-13-25)28(24(2)32)30(33)36-21-27-16-10-5-11-17-27/h3-17,23,31H,18-22H2,1-2H3/b29-28-. The van der Waals surface area contributed by atoms with Crippen molar-refractivity contribution < 1.29 is 23.8 Å². The molecule has 0 aliphatic rings. The maximum atomic E-state index is 13.0. The number of nitrogens with one attached hydrogen (secondary N) is 1. The molecule has 6 heteroatoms. The van der Waals surface area contributed by atoms with Crippen LogP contribution in [0.3, 0.4) is 0 Å². The minimum atomic E-state index is -0.658. The number of Topliss-reactive ketones (excluding diaryl/α,β-unsaturated/α-hetero) is 1. The Morgan fingerprint density at radius 2 is 1.28 bits per heavy atom. The van der Waals surface area contributed by atoms with E-state index in [1.54, 1.807) is 0 Å². The fourth-order valence-electron chi connectivity index (χ4n) is 3.64. The van der Waals surface area contributed by atoms with Gasteiger partial charge in [-0.05, 0) is 23.6 Å². The minimum absolute atomic E-state index is 0.00293. The first-order valence-corrected chi connectivity index (χ1v) is 12.0. The van der Waals surface area contributed by atoms with Crippen LogP contribution in [0, 0.1) is 5.92 Å². The molecule has 0 radical (unpaired) electrons. The molecular weight excluding hydrogens is 454 g/mol. The number of esters is 1. The van der Waals surface area contributed by atoms with E-state index in [2.05, 4.69) is 5.32 Å². The molecule has 0 aliphatic carbocycles. The number of ether oxygens (including phenoxy) is 3. The van der Waals surface area contributed by atoms with E-state index < -0.39 is 5.97 Å². The number of benzene rings is 3. The van der Waals surface area contributed by atoms with E-state index in [1.165, 1.54) is 6.92 Å². The smallest absolute Gasteiger partial charge is 0.343 e. The number of carbonyl (C=O) groups excluding carboxylic acids is 2. The highest BCUT2D eigenvalue weighted by molar-refractivity contribution is 6.17. The van der Waals surface area contributed by atoms with Gasteiger partial charge >= 0.3 is 5.97 Å². The molecule has 0 fully saturated rings. The van der Waals surface area contributed by atoms with E-state index in [0.29, 0.717) is 18.8 Å². The van der Waals surface area contributed by atoms with Crippen LogP contribution in [0.4, 0.5) is 0 Å². The van der Waals surface area contributed by atoms with Crippen molar-refractivity contribution in [3.8, 4) is 0 Å². The highest BCUT2D eigenvalue weighted by atomic mass is 16.7. The normalized spacial score (nSPS) is 12.4. The Morgan fingerprint density at radius 3 is 1.83 bits per heavy atom. The van der Waals surface area contributed by atoms with Gasteiger partial charge in [-0.25, -0.2) is 4.79 Å². The van der Waals surface area contributed by atoms with E-state index in [9.17, 15) is 9.59 Å². The van der Waals surface area contributed by atoms with Gasteiger partial charge in [0.1, 0.15) is 19.0 Å². The lowest BCUT2D eigenvalue weighted by Gasteiger charge is -2.21. The first-order valence-electron chi connectivity index (χ1n) is 12.0. The largest absolute Gasteiger partial charge is 0.457 e. The van der Waals surface area contributed by atoms with Gasteiger partial charge in [-0.15, -0.1) is 0 Å². The fourth-order valence-corrected chi connectivity index (χ4v) is 3.64. The molecule has 0 aliphatic heterocycles. The van der Waals surface area contributed by atoms with E-state index in [0.717, 1.165) is 16.7 Å². The second kappa shape index (κ2) is 14.6. The molecule has 0 amide bonds. The Kier molecular flexibility index (Phi) is 10.9. The number of ketones is 1. The van der Waals surface area contributed by atoms with E-state index in [-0.39, 0.29) is 37.3 Å². The maximum absolute atomic E-state index is 13.0. The van der Waals surface area contributed by atoms with Gasteiger partial charge in [0.25, 0.3) is 0 Å². The lowest BCUT2D eigenvalue weighted by Crippen LogP contribution is -2.29. The SMILES string of the molecule is CC(=O)/C(C(=O)OCc1ccccc1)=C(/NCc1ccccc1)C(C)COCOCc1ccccc1. The van der Waals surface area contributed by atoms with E-state index in [4.69, 9.17) is 14.2 Å². The van der Waals surface area contributed by atoms with Crippen molar-refractivity contribution in [2.24, 2.45) is 5.92 Å². The summed E-state index contributed by atoms with van der Waals surface area (Å²) in [6.45, 7) is 4.61. The molecule has 1 N–H and O–H groups in total. The van der Waals surface area contributed by atoms with E-state index >= 15 is 0 Å². The van der Waals surface area contributed by atoms with Crippen LogP contribution in [0.25, 0.3) is 0 Å². The molecule has 0 aromatic heterocycles. The molecule has 1 unspecified atom stereocenters. The van der Waals surface area contributed by atoms with Crippen LogP contribution < -0.4 is 5.32 Å². The average molecular weight is 488 g/mol. The predicted octanol–water partition coefficient (Wildman–Crippen LogP) is 5.19. The van der Waals surface area contributed by atoms with Crippen molar-refractivity contribution in [1.82, 2.24) is 5.32 Å². The van der Waals surface area contributed by atoms with Crippen molar-refractivity contribution in [2.45, 2.75) is 33.6 Å². The summed E-state index contributed by atoms with van der Waals surface area (Å²) < 4.78 is 16.8. The molecule has 3 aromatic rings. The van der Waals surface area contributed by atoms with Crippen LogP contribution >= 0.6 is 0 Å². The van der Waals surface area contributed by atoms with Crippen molar-refractivity contribution in [1.29, 1.82) is 0 Å². The number of rotatable bonds is 14. The number of hydrogen-bond donors (Lipinski definition) is 1. The van der Waals surface area contributed by atoms with Gasteiger partial charge in [-0.2, -0.15) is 0 Å². The van der Waals surface area contributed by atoms with Crippen LogP contribution in [-0.2, 0) is 43.6 Å². The molecule has 0 saturated carbocycles. The van der Waals surface area contributed by atoms with Gasteiger partial charge in [0.2, 0.25) is 0 Å². The molecule has 36 heavy (non-hydrogen) atoms. The summed E-state index contributed by atoms with van der Waals surface area (Å²) in [4.78, 5) is 25.7. The summed E-state index contributed by atoms with van der Waals surface area (Å²) in [5.41, 5.74) is 3.42. The molecule has 6 nitrogen and oxygen atoms in total. The Balaban J connectivity index is 1.68. The molecule has 0 heterocycles. The zero-order chi connectivity index (χ0) is 25.6. The predicted molar refractivity (Wildman–Crippen MR) is 138 cm³/mol. The van der Waals surface area contributed by atoms with Gasteiger partial charge in [0.05, 0.1) is 13.2 Å². The molecular formula is C30H33NO5. The lowest BCUT2D eigenvalue weighted by molar-refractivity contribution is -0.141. The summed E-state index contributed by atoms with van der Waals surface area (Å²) in [5, 5.41) is 3.30. The van der Waals surface area contributed by atoms with Crippen LogP contribution in [0.15, 0.2) is 102 Å². The molecule has 188 valence electrons. The Bertz CT molecular complexity index is 1110. The third-order valence-electron chi connectivity index (χ3n) is 5.50. The van der Waals surface area contributed by atoms with Crippen molar-refractivity contribution in [2.75, 3.05) is 13.4 Å². The maximum Gasteiger partial charge on any atom is 0.343 e. The zero-order valence-corrected chi connectivity index (χ0v) is 20.8. The van der Waals surface area contributed by atoms with Crippen molar-refractivity contribution in [3.63, 3.8) is 0 Å². The summed E-state index contributed by atoms with van der Waals surface area (Å²) in [6.07, 6.45) is 0. The Labute approximate surface area is 212 Å². The fraction of sp³-hybridized carbons (Fsp3) is 0.267. The molecule has 0 bridgehead atoms. The second-order valence-corrected chi connectivity index (χ2v) is 8.47. The molecule has 3 aromatic carbocycles. The van der Waals surface area contributed by atoms with Gasteiger partial charge in [0, 0.05) is 18.2 Å². The average Bonchev–Trinajstić information content (AvgIpc) is 2.91. The van der Waals surface area contributed by atoms with E-state index in [1.807, 2.05) is 97.9 Å². The van der Waals surface area contributed by atoms with Crippen LogP contribution in [0.2, 0.25) is 0 Å². The molecule has 0 spiro atoms. The molecule has 3 rings (SSSR count). The Morgan fingerprint density at radius 1 is 0.750 bits per heavy atom. The quantitative estimate of drug-likeness (QED) is 0.0843. The van der Waals surface area contributed by atoms with Crippen molar-refractivity contribution >= 4 is 11.8 Å². The first kappa shape index (κ1) is 26.9. The van der Waals surface area contributed by atoms with Crippen molar-refractivity contribution in [3.05, 3.63) is 119 Å². The summed E-state index contributed by atoms with van der Waals surface area (Å²) in [7, 11) is 0. The number of hydrogen-bond acceptors (Lipinski definition) is 6. The van der Waals surface area contributed by atoms with Crippen LogP contribution in [0.5, 0.6) is 0 Å². The zero-order valence-electron chi connectivity index (χ0n) is 20.8. The van der Waals surface area contributed by atoms with Gasteiger partial charge in [-0.1, -0.05) is 97.9 Å². The summed E-state index contributed by atoms with van der Waals surface area (Å²) in [5.74, 6) is -1.30. The minimum Gasteiger partial charge on any atom is -0.457 e. The second-order valence-electron chi connectivity index (χ2n) is 8.47. The Hall–Kier alpha value is -3.74. The van der Waals surface area contributed by atoms with Crippen LogP contribution in [0.1, 0.15) is 30.5 Å². The topological polar surface area (TPSA) is 73.9 Å². The molecule has 0 saturated heterocycles. The lowest BCUT2D eigenvalue weighted by atomic mass is 10.00. The highest BCUT2D eigenvalue weighted by Gasteiger charge is 2.25. The van der Waals surface area contributed by atoms with Crippen LogP contribution in [-0.4, -0.2) is 25.2 Å². The third-order valence-corrected chi connectivity index (χ3v) is 5.50. The van der Waals surface area contributed by atoms with Gasteiger partial charge in [0.15, 0.2) is 5.78 Å². The van der Waals surface area contributed by atoms with Gasteiger partial charge in [-0.3, -0.25) is 4.79 Å². The first-order chi connectivity index (χ1) is 17.5. The highest BCUT2D eigenvalue weighted by Crippen LogP contribution is 2.18. The van der Waals surface area contributed by atoms with Gasteiger partial charge < -0.3 is 19.5 Å². The monoisotopic (exact) mass is 487 g/mol. The molecule has 1 atom stereocenters. The summed E-state index contributed by atoms with van der Waals surface area (Å²) in [6, 6.07) is 29.0. The number of carbonyl (C=O) groups is 2. The summed E-state index contributed by atoms with van der Waals surface area (Å²) >= 11 is 0.